The van der Waals surface area contributed by atoms with Crippen LogP contribution in [0.2, 0.25) is 0 Å². The molecule has 0 aromatic heterocycles. The number of terminal acetylenes is 1. The predicted molar refractivity (Wildman–Crippen MR) is 272 cm³/mol. The van der Waals surface area contributed by atoms with Gasteiger partial charge in [-0.1, -0.05) is 177 Å². The van der Waals surface area contributed by atoms with Gasteiger partial charge in [-0.15, -0.1) is 6.42 Å². The lowest BCUT2D eigenvalue weighted by Gasteiger charge is -2.33. The fourth-order valence-corrected chi connectivity index (χ4v) is 8.91. The third-order valence-corrected chi connectivity index (χ3v) is 12.0. The number of hydrogen-bond acceptors (Lipinski definition) is 2. The molecule has 0 radical (unpaired) electrons. The molecule has 0 N–H and O–H groups in total. The van der Waals surface area contributed by atoms with Crippen LogP contribution in [0.4, 0.5) is 0 Å². The van der Waals surface area contributed by atoms with Gasteiger partial charge in [0.05, 0.1) is 6.61 Å². The van der Waals surface area contributed by atoms with E-state index < -0.39 is 0 Å². The first-order chi connectivity index (χ1) is 28.8. The summed E-state index contributed by atoms with van der Waals surface area (Å²) in [5, 5.41) is 2.03. The van der Waals surface area contributed by atoms with Crippen molar-refractivity contribution in [3.05, 3.63) is 94.0 Å². The van der Waals surface area contributed by atoms with Gasteiger partial charge in [0.15, 0.2) is 0 Å². The minimum Gasteiger partial charge on any atom is -0.493 e. The van der Waals surface area contributed by atoms with Gasteiger partial charge in [-0.25, -0.2) is 0 Å². The Balaban J connectivity index is -0.000000343. The Labute approximate surface area is 372 Å². The van der Waals surface area contributed by atoms with Crippen molar-refractivity contribution in [2.75, 3.05) is 6.61 Å². The average molecular weight is 807 g/mol. The lowest BCUT2D eigenvalue weighted by Crippen LogP contribution is -2.25. The van der Waals surface area contributed by atoms with E-state index in [0.717, 1.165) is 40.7 Å². The van der Waals surface area contributed by atoms with Crippen LogP contribution in [0.3, 0.4) is 0 Å². The fraction of sp³-hybridized carbons (Fsp3) is 0.509. The summed E-state index contributed by atoms with van der Waals surface area (Å²) in [5.74, 6) is 11.4. The third-order valence-electron chi connectivity index (χ3n) is 12.0. The zero-order chi connectivity index (χ0) is 42.3. The van der Waals surface area contributed by atoms with E-state index in [9.17, 15) is 0 Å². The Bertz CT molecular complexity index is 2040. The molecule has 0 amide bonds. The van der Waals surface area contributed by atoms with E-state index >= 15 is 0 Å². The first-order valence-corrected chi connectivity index (χ1v) is 23.3. The van der Waals surface area contributed by atoms with Crippen molar-refractivity contribution in [1.82, 2.24) is 0 Å². The molecule has 0 atom stereocenters. The van der Waals surface area contributed by atoms with Gasteiger partial charge >= 0.3 is 0 Å². The summed E-state index contributed by atoms with van der Waals surface area (Å²) in [4.78, 5) is 0. The molecule has 0 unspecified atom stereocenters. The number of fused-ring (bicyclic) bond motifs is 4. The van der Waals surface area contributed by atoms with Crippen molar-refractivity contribution in [3.63, 3.8) is 0 Å². The molecule has 0 saturated carbocycles. The van der Waals surface area contributed by atoms with E-state index in [4.69, 9.17) is 15.9 Å². The molecule has 0 saturated heterocycles. The van der Waals surface area contributed by atoms with E-state index in [1.807, 2.05) is 13.0 Å². The van der Waals surface area contributed by atoms with E-state index in [0.29, 0.717) is 5.75 Å². The summed E-state index contributed by atoms with van der Waals surface area (Å²) in [6.07, 6.45) is 34.4. The second kappa shape index (κ2) is 25.8. The number of hydrogen-bond donors (Lipinski definition) is 0. The smallest absolute Gasteiger partial charge is 0.148 e. The topological polar surface area (TPSA) is 18.5 Å². The highest BCUT2D eigenvalue weighted by molar-refractivity contribution is 5.94. The summed E-state index contributed by atoms with van der Waals surface area (Å²) in [6.45, 7) is 16.2. The Hall–Kier alpha value is -4.58. The van der Waals surface area contributed by atoms with Crippen LogP contribution in [0.25, 0.3) is 21.9 Å². The van der Waals surface area contributed by atoms with Crippen LogP contribution in [0, 0.1) is 63.9 Å². The molecule has 2 heteroatoms. The first kappa shape index (κ1) is 47.1. The normalized spacial score (nSPS) is 11.9. The van der Waals surface area contributed by atoms with Gasteiger partial charge < -0.3 is 9.47 Å². The quantitative estimate of drug-likeness (QED) is 0.0549. The maximum Gasteiger partial charge on any atom is 0.148 e. The summed E-state index contributed by atoms with van der Waals surface area (Å²) in [6, 6.07) is 22.8. The Morgan fingerprint density at radius 3 is 1.46 bits per heavy atom. The SMILES string of the molecule is C#CC#CC#COc1cc(C)cc2c(OCCCCCCCC)cc(C)cc12.CCCCCCCCC1(CCCCCCCC)c2cc(C)ccc2-c2ccc(C)cc21.[HH].[HH].[HH].[HH].[HH].[HH].[HH].[HH]. The molecule has 1 aliphatic rings. The molecule has 0 heterocycles. The van der Waals surface area contributed by atoms with Crippen molar-refractivity contribution >= 4 is 10.8 Å². The summed E-state index contributed by atoms with van der Waals surface area (Å²) >= 11 is 0. The number of unbranched alkanes of at least 4 members (excludes halogenated alkanes) is 15. The van der Waals surface area contributed by atoms with Crippen molar-refractivity contribution in [2.24, 2.45) is 0 Å². The molecule has 0 bridgehead atoms. The van der Waals surface area contributed by atoms with Crippen molar-refractivity contribution in [2.45, 2.75) is 182 Å². The van der Waals surface area contributed by atoms with Crippen molar-refractivity contribution < 1.29 is 20.9 Å². The van der Waals surface area contributed by atoms with Crippen molar-refractivity contribution in [1.29, 1.82) is 0 Å². The zero-order valence-electron chi connectivity index (χ0n) is 38.0. The van der Waals surface area contributed by atoms with E-state index in [1.54, 1.807) is 11.1 Å². The van der Waals surface area contributed by atoms with E-state index in [1.165, 1.54) is 144 Å². The second-order valence-corrected chi connectivity index (χ2v) is 17.2. The molecule has 2 nitrogen and oxygen atoms in total. The fourth-order valence-electron chi connectivity index (χ4n) is 8.91. The zero-order valence-corrected chi connectivity index (χ0v) is 38.0. The maximum atomic E-state index is 6.14. The van der Waals surface area contributed by atoms with Crippen LogP contribution in [0.15, 0.2) is 60.7 Å². The molecule has 5 rings (SSSR count). The number of rotatable bonds is 23. The van der Waals surface area contributed by atoms with Gasteiger partial charge in [-0.3, -0.25) is 0 Å². The number of ether oxygens (including phenoxy) is 2. The standard InChI is InChI=1S/C31H46.C26H28O2.8H2/c1-5-7-9-11-13-15-21-31(22-16-14-12-10-8-6-2)29-23-25(3)17-19-27(29)28-20-18-26(4)24-30(28)31;1-5-7-9-11-12-14-16-28-26-20-22(4)17-23-24(26)18-21(3)19-25(23)27-15-13-10-8-6-2;;;;;;;;/h17-20,23-24H,5-16,21-22H2,1-4H3;2,17-20H,5,7,9,11-12,14,16H2,1,3-4H3;8*1H. The minimum absolute atomic E-state index is 0. The van der Waals surface area contributed by atoms with E-state index in [-0.39, 0.29) is 16.8 Å². The van der Waals surface area contributed by atoms with Gasteiger partial charge in [0.1, 0.15) is 17.6 Å². The van der Waals surface area contributed by atoms with Gasteiger partial charge in [-0.2, -0.15) is 0 Å². The molecule has 1 aliphatic carbocycles. The van der Waals surface area contributed by atoms with Crippen LogP contribution in [-0.4, -0.2) is 6.61 Å². The van der Waals surface area contributed by atoms with Crippen LogP contribution in [0.1, 0.15) is 194 Å². The van der Waals surface area contributed by atoms with Crippen LogP contribution in [-0.2, 0) is 5.41 Å². The third kappa shape index (κ3) is 14.3. The highest BCUT2D eigenvalue weighted by Gasteiger charge is 2.42. The lowest BCUT2D eigenvalue weighted by molar-refractivity contribution is 0.307. The van der Waals surface area contributed by atoms with Gasteiger partial charge in [0.2, 0.25) is 0 Å². The van der Waals surface area contributed by atoms with Crippen LogP contribution >= 0.6 is 0 Å². The average Bonchev–Trinajstić information content (AvgIpc) is 3.47. The molecule has 0 spiro atoms. The number of benzene rings is 4. The van der Waals surface area contributed by atoms with E-state index in [2.05, 4.69) is 126 Å². The molecule has 0 aliphatic heterocycles. The Kier molecular flexibility index (Phi) is 20.6. The van der Waals surface area contributed by atoms with Gasteiger partial charge in [0.25, 0.3) is 0 Å². The molecule has 330 valence electrons. The lowest BCUT2D eigenvalue weighted by atomic mass is 9.70. The van der Waals surface area contributed by atoms with Crippen LogP contribution in [0.5, 0.6) is 11.5 Å². The summed E-state index contributed by atoms with van der Waals surface area (Å²) in [7, 11) is 0. The molecule has 0 fully saturated rings. The highest BCUT2D eigenvalue weighted by Crippen LogP contribution is 2.54. The Morgan fingerprint density at radius 1 is 0.492 bits per heavy atom. The van der Waals surface area contributed by atoms with Crippen LogP contribution < -0.4 is 9.47 Å². The van der Waals surface area contributed by atoms with Crippen molar-refractivity contribution in [3.8, 4) is 58.8 Å². The second-order valence-electron chi connectivity index (χ2n) is 17.2. The first-order valence-electron chi connectivity index (χ1n) is 23.3. The predicted octanol–water partition coefficient (Wildman–Crippen LogP) is 18.2. The maximum absolute atomic E-state index is 6.14. The number of aryl methyl sites for hydroxylation is 4. The largest absolute Gasteiger partial charge is 0.493 e. The monoisotopic (exact) mass is 807 g/mol. The highest BCUT2D eigenvalue weighted by atomic mass is 16.5. The minimum atomic E-state index is 0. The Morgan fingerprint density at radius 2 is 0.949 bits per heavy atom. The molecule has 4 aromatic rings. The van der Waals surface area contributed by atoms with Gasteiger partial charge in [0, 0.05) is 39.4 Å². The molecule has 4 aromatic carbocycles. The summed E-state index contributed by atoms with van der Waals surface area (Å²) in [5.41, 5.74) is 11.6. The molecular weight excluding hydrogens is 717 g/mol. The summed E-state index contributed by atoms with van der Waals surface area (Å²) < 4.78 is 11.8. The molecular formula is C57H90O2. The molecule has 59 heavy (non-hydrogen) atoms. The van der Waals surface area contributed by atoms with Gasteiger partial charge in [-0.05, 0) is 116 Å².